The van der Waals surface area contributed by atoms with Gasteiger partial charge in [-0.1, -0.05) is 13.8 Å². The highest BCUT2D eigenvalue weighted by Gasteiger charge is 2.24. The van der Waals surface area contributed by atoms with Crippen LogP contribution < -0.4 is 0 Å². The third-order valence-electron chi connectivity index (χ3n) is 2.18. The van der Waals surface area contributed by atoms with E-state index in [1.807, 2.05) is 0 Å². The molecule has 0 atom stereocenters. The van der Waals surface area contributed by atoms with Crippen molar-refractivity contribution in [1.29, 1.82) is 5.26 Å². The Morgan fingerprint density at radius 1 is 1.36 bits per heavy atom. The van der Waals surface area contributed by atoms with Gasteiger partial charge in [0.1, 0.15) is 0 Å². The third kappa shape index (κ3) is 4.44. The molecule has 0 aliphatic carbocycles. The van der Waals surface area contributed by atoms with Gasteiger partial charge in [0.2, 0.25) is 0 Å². The van der Waals surface area contributed by atoms with E-state index in [2.05, 4.69) is 19.9 Å². The molecule has 0 aromatic rings. The summed E-state index contributed by atoms with van der Waals surface area (Å²) in [6, 6.07) is 5.53. The van der Waals surface area contributed by atoms with Gasteiger partial charge in [-0.25, -0.2) is 0 Å². The molecule has 0 spiro atoms. The number of halogens is 1. The lowest BCUT2D eigenvalue weighted by Crippen LogP contribution is -2.23. The lowest BCUT2D eigenvalue weighted by atomic mass is 10.4. The van der Waals surface area contributed by atoms with Crippen molar-refractivity contribution in [1.82, 2.24) is 0 Å². The average molecular weight is 190 g/mol. The monoisotopic (exact) mass is 189 g/mol. The fourth-order valence-corrected chi connectivity index (χ4v) is 3.51. The Bertz CT molecular complexity index is 138. The highest BCUT2D eigenvalue weighted by molar-refractivity contribution is 7.20. The molecule has 0 aliphatic heterocycles. The SMILES string of the molecule is CC[Si](Cl)(CC)CCCC#N. The molecular formula is C8H16ClNSi. The molecule has 0 saturated heterocycles. The Labute approximate surface area is 75.1 Å². The summed E-state index contributed by atoms with van der Waals surface area (Å²) in [7, 11) is -1.41. The Kier molecular flexibility index (Phi) is 5.62. The molecule has 0 unspecified atom stereocenters. The van der Waals surface area contributed by atoms with Crippen molar-refractivity contribution in [2.24, 2.45) is 0 Å². The van der Waals surface area contributed by atoms with Crippen LogP contribution in [-0.4, -0.2) is 7.38 Å². The molecule has 0 aromatic heterocycles. The summed E-state index contributed by atoms with van der Waals surface area (Å²) in [5.74, 6) is 0. The highest BCUT2D eigenvalue weighted by Crippen LogP contribution is 2.26. The van der Waals surface area contributed by atoms with E-state index in [0.29, 0.717) is 6.42 Å². The van der Waals surface area contributed by atoms with Crippen molar-refractivity contribution >= 4 is 18.5 Å². The Balaban J connectivity index is 3.62. The molecule has 3 heteroatoms. The maximum atomic E-state index is 8.33. The van der Waals surface area contributed by atoms with E-state index < -0.39 is 7.38 Å². The van der Waals surface area contributed by atoms with Crippen molar-refractivity contribution in [3.05, 3.63) is 0 Å². The van der Waals surface area contributed by atoms with Gasteiger partial charge in [-0.05, 0) is 24.6 Å². The summed E-state index contributed by atoms with van der Waals surface area (Å²) in [4.78, 5) is 0. The van der Waals surface area contributed by atoms with E-state index >= 15 is 0 Å². The average Bonchev–Trinajstić information content (AvgIpc) is 2.05. The summed E-state index contributed by atoms with van der Waals surface area (Å²) >= 11 is 6.37. The van der Waals surface area contributed by atoms with Crippen LogP contribution in [0.3, 0.4) is 0 Å². The molecule has 0 amide bonds. The predicted molar refractivity (Wildman–Crippen MR) is 52.2 cm³/mol. The van der Waals surface area contributed by atoms with Crippen molar-refractivity contribution in [2.45, 2.75) is 44.8 Å². The van der Waals surface area contributed by atoms with E-state index in [0.717, 1.165) is 24.6 Å². The molecular weight excluding hydrogens is 174 g/mol. The van der Waals surface area contributed by atoms with Gasteiger partial charge in [0.15, 0.2) is 7.38 Å². The van der Waals surface area contributed by atoms with Crippen LogP contribution in [0.25, 0.3) is 0 Å². The smallest absolute Gasteiger partial charge is 0.156 e. The molecule has 0 radical (unpaired) electrons. The second-order valence-corrected chi connectivity index (χ2v) is 9.49. The molecule has 64 valence electrons. The molecule has 1 nitrogen and oxygen atoms in total. The molecule has 0 N–H and O–H groups in total. The maximum Gasteiger partial charge on any atom is 0.156 e. The van der Waals surface area contributed by atoms with Gasteiger partial charge in [-0.3, -0.25) is 0 Å². The number of rotatable bonds is 5. The fraction of sp³-hybridized carbons (Fsp3) is 0.875. The zero-order chi connectivity index (χ0) is 8.74. The molecule has 0 heterocycles. The van der Waals surface area contributed by atoms with Crippen LogP contribution in [0.2, 0.25) is 18.1 Å². The first-order chi connectivity index (χ1) is 5.18. The Hall–Kier alpha value is -0.00312. The van der Waals surface area contributed by atoms with Gasteiger partial charge in [-0.2, -0.15) is 16.3 Å². The second kappa shape index (κ2) is 5.62. The van der Waals surface area contributed by atoms with E-state index in [9.17, 15) is 0 Å². The second-order valence-electron chi connectivity index (χ2n) is 2.87. The number of hydrogen-bond acceptors (Lipinski definition) is 1. The molecule has 0 aliphatic rings. The minimum Gasteiger partial charge on any atom is -0.198 e. The first-order valence-electron chi connectivity index (χ1n) is 4.24. The lowest BCUT2D eigenvalue weighted by molar-refractivity contribution is 0.937. The van der Waals surface area contributed by atoms with Gasteiger partial charge < -0.3 is 0 Å². The number of nitrogens with zero attached hydrogens (tertiary/aromatic N) is 1. The molecule has 0 fully saturated rings. The van der Waals surface area contributed by atoms with Crippen LogP contribution in [-0.2, 0) is 0 Å². The Morgan fingerprint density at radius 3 is 2.27 bits per heavy atom. The maximum absolute atomic E-state index is 8.33. The van der Waals surface area contributed by atoms with Gasteiger partial charge >= 0.3 is 0 Å². The van der Waals surface area contributed by atoms with Crippen molar-refractivity contribution < 1.29 is 0 Å². The van der Waals surface area contributed by atoms with E-state index in [1.165, 1.54) is 0 Å². The van der Waals surface area contributed by atoms with Gasteiger partial charge in [0.25, 0.3) is 0 Å². The minimum absolute atomic E-state index is 0.668. The molecule has 0 saturated carbocycles. The largest absolute Gasteiger partial charge is 0.198 e. The van der Waals surface area contributed by atoms with Crippen LogP contribution in [0.4, 0.5) is 0 Å². The van der Waals surface area contributed by atoms with Gasteiger partial charge in [0, 0.05) is 6.42 Å². The van der Waals surface area contributed by atoms with Gasteiger partial charge in [-0.15, -0.1) is 0 Å². The van der Waals surface area contributed by atoms with Crippen molar-refractivity contribution in [3.63, 3.8) is 0 Å². The molecule has 0 bridgehead atoms. The summed E-state index contributed by atoms with van der Waals surface area (Å²) < 4.78 is 0. The van der Waals surface area contributed by atoms with Crippen LogP contribution >= 0.6 is 11.1 Å². The fourth-order valence-electron chi connectivity index (χ4n) is 1.09. The highest BCUT2D eigenvalue weighted by atomic mass is 35.6. The number of unbranched alkanes of at least 4 members (excludes halogenated alkanes) is 1. The normalized spacial score (nSPS) is 11.1. The molecule has 0 rings (SSSR count). The van der Waals surface area contributed by atoms with Crippen LogP contribution in [0, 0.1) is 11.3 Å². The molecule has 11 heavy (non-hydrogen) atoms. The van der Waals surface area contributed by atoms with E-state index in [1.54, 1.807) is 0 Å². The molecule has 0 aromatic carbocycles. The minimum atomic E-state index is -1.41. The quantitative estimate of drug-likeness (QED) is 0.369. The Morgan fingerprint density at radius 2 is 1.91 bits per heavy atom. The summed E-state index contributed by atoms with van der Waals surface area (Å²) in [6.45, 7) is 4.32. The van der Waals surface area contributed by atoms with Crippen molar-refractivity contribution in [3.8, 4) is 6.07 Å². The first kappa shape index (κ1) is 11.0. The van der Waals surface area contributed by atoms with E-state index in [4.69, 9.17) is 16.3 Å². The summed E-state index contributed by atoms with van der Waals surface area (Å²) in [5.41, 5.74) is 0. The first-order valence-corrected chi connectivity index (χ1v) is 7.87. The number of hydrogen-bond donors (Lipinski definition) is 0. The van der Waals surface area contributed by atoms with Crippen LogP contribution in [0.15, 0.2) is 0 Å². The van der Waals surface area contributed by atoms with Gasteiger partial charge in [0.05, 0.1) is 6.07 Å². The zero-order valence-electron chi connectivity index (χ0n) is 7.36. The zero-order valence-corrected chi connectivity index (χ0v) is 9.12. The lowest BCUT2D eigenvalue weighted by Gasteiger charge is -2.19. The van der Waals surface area contributed by atoms with Crippen LogP contribution in [0.5, 0.6) is 0 Å². The van der Waals surface area contributed by atoms with Crippen LogP contribution in [0.1, 0.15) is 26.7 Å². The standard InChI is InChI=1S/C8H16ClNSi/c1-3-11(9,4-2)8-6-5-7-10/h3-6,8H2,1-2H3. The topological polar surface area (TPSA) is 23.8 Å². The summed E-state index contributed by atoms with van der Waals surface area (Å²) in [5, 5.41) is 8.33. The third-order valence-corrected chi connectivity index (χ3v) is 8.14. The predicted octanol–water partition coefficient (Wildman–Crippen LogP) is 3.51. The number of nitriles is 1. The summed E-state index contributed by atoms with van der Waals surface area (Å²) in [6.07, 6.45) is 1.66. The van der Waals surface area contributed by atoms with E-state index in [-0.39, 0.29) is 0 Å². The van der Waals surface area contributed by atoms with Crippen molar-refractivity contribution in [2.75, 3.05) is 0 Å².